The van der Waals surface area contributed by atoms with E-state index in [1.165, 1.54) is 15.3 Å². The molecule has 0 unspecified atom stereocenters. The molecule has 3 N–H and O–H groups in total. The Labute approximate surface area is 320 Å². The lowest BCUT2D eigenvalue weighted by Gasteiger charge is -2.43. The van der Waals surface area contributed by atoms with Crippen LogP contribution in [0.3, 0.4) is 0 Å². The molecule has 1 aromatic heterocycles. The highest BCUT2D eigenvalue weighted by Gasteiger charge is 2.50. The van der Waals surface area contributed by atoms with E-state index < -0.39 is 20.5 Å². The van der Waals surface area contributed by atoms with Crippen molar-refractivity contribution in [3.05, 3.63) is 119 Å². The molecular formula is C41H46BrN5O5Si. The van der Waals surface area contributed by atoms with Crippen molar-refractivity contribution in [1.82, 2.24) is 20.2 Å². The number of carbonyl (C=O) groups is 2. The zero-order chi connectivity index (χ0) is 37.4. The van der Waals surface area contributed by atoms with Gasteiger partial charge in [0.1, 0.15) is 24.0 Å². The second-order valence-electron chi connectivity index (χ2n) is 14.3. The molecule has 1 saturated heterocycles. The standard InChI is InChI=1S/C41H46BrN5O5Si/c1-41(2,3)53(31-16-9-5-10-17-31,32-18-11-6-12-19-32)52-25-13-23-43-39(48)35-26-30(22-24-47(35)40(49)50)45-36-27-44-34-21-20-33(42)38(37(34)46-36)51-28-29-14-7-4-8-15-29/h4-12,14-21,27,30,35H,13,22-26,28H2,1-3H3,(H,43,48)(H,45,46)(H,49,50)/t30-,35-/m0/s1. The Morgan fingerprint density at radius 3 is 2.21 bits per heavy atom. The number of piperidine rings is 1. The number of nitrogens with one attached hydrogen (secondary N) is 2. The summed E-state index contributed by atoms with van der Waals surface area (Å²) in [7, 11) is -2.70. The van der Waals surface area contributed by atoms with Crippen molar-refractivity contribution in [2.45, 2.75) is 63.8 Å². The van der Waals surface area contributed by atoms with Gasteiger partial charge in [-0.05, 0) is 68.3 Å². The van der Waals surface area contributed by atoms with Crippen molar-refractivity contribution < 1.29 is 23.9 Å². The van der Waals surface area contributed by atoms with Crippen LogP contribution in [0.15, 0.2) is 114 Å². The normalized spacial score (nSPS) is 16.3. The number of amides is 2. The molecule has 53 heavy (non-hydrogen) atoms. The maximum atomic E-state index is 13.6. The van der Waals surface area contributed by atoms with E-state index >= 15 is 0 Å². The predicted molar refractivity (Wildman–Crippen MR) is 214 cm³/mol. The summed E-state index contributed by atoms with van der Waals surface area (Å²) in [6, 6.07) is 33.5. The van der Waals surface area contributed by atoms with Crippen LogP contribution in [-0.4, -0.2) is 72.1 Å². The van der Waals surface area contributed by atoms with Crippen LogP contribution < -0.4 is 25.7 Å². The topological polar surface area (TPSA) is 126 Å². The second-order valence-corrected chi connectivity index (χ2v) is 19.4. The smallest absolute Gasteiger partial charge is 0.407 e. The first-order valence-electron chi connectivity index (χ1n) is 18.0. The Morgan fingerprint density at radius 2 is 1.58 bits per heavy atom. The van der Waals surface area contributed by atoms with E-state index in [1.54, 1.807) is 6.20 Å². The van der Waals surface area contributed by atoms with Crippen molar-refractivity contribution in [2.75, 3.05) is 25.0 Å². The molecule has 2 atom stereocenters. The first-order chi connectivity index (χ1) is 25.6. The lowest BCUT2D eigenvalue weighted by Crippen LogP contribution is -2.66. The third-order valence-corrected chi connectivity index (χ3v) is 15.4. The van der Waals surface area contributed by atoms with Crippen LogP contribution in [0, 0.1) is 0 Å². The fraction of sp³-hybridized carbons (Fsp3) is 0.317. The zero-order valence-corrected chi connectivity index (χ0v) is 32.9. The number of carboxylic acid groups (broad SMARTS) is 1. The summed E-state index contributed by atoms with van der Waals surface area (Å²) < 4.78 is 13.9. The lowest BCUT2D eigenvalue weighted by atomic mass is 9.96. The monoisotopic (exact) mass is 795 g/mol. The van der Waals surface area contributed by atoms with Gasteiger partial charge in [-0.1, -0.05) is 112 Å². The largest absolute Gasteiger partial charge is 0.485 e. The van der Waals surface area contributed by atoms with Crippen LogP contribution in [0.25, 0.3) is 11.0 Å². The average molecular weight is 797 g/mol. The number of likely N-dealkylation sites (tertiary alicyclic amines) is 1. The molecule has 5 aromatic rings. The van der Waals surface area contributed by atoms with Gasteiger partial charge in [0.05, 0.1) is 16.2 Å². The summed E-state index contributed by atoms with van der Waals surface area (Å²) >= 11 is 3.60. The minimum atomic E-state index is -2.70. The number of aromatic nitrogens is 2. The van der Waals surface area contributed by atoms with Gasteiger partial charge in [0.2, 0.25) is 5.91 Å². The molecule has 2 heterocycles. The molecule has 6 rings (SSSR count). The Hall–Kier alpha value is -4.78. The van der Waals surface area contributed by atoms with Gasteiger partial charge in [-0.2, -0.15) is 0 Å². The summed E-state index contributed by atoms with van der Waals surface area (Å²) in [4.78, 5) is 36.5. The van der Waals surface area contributed by atoms with E-state index in [9.17, 15) is 14.7 Å². The van der Waals surface area contributed by atoms with Gasteiger partial charge in [-0.25, -0.2) is 9.78 Å². The molecule has 10 nitrogen and oxygen atoms in total. The summed E-state index contributed by atoms with van der Waals surface area (Å²) in [6.07, 6.45) is 1.91. The van der Waals surface area contributed by atoms with E-state index in [1.807, 2.05) is 54.6 Å². The van der Waals surface area contributed by atoms with Gasteiger partial charge in [-0.15, -0.1) is 0 Å². The van der Waals surface area contributed by atoms with Gasteiger partial charge in [0, 0.05) is 25.7 Å². The van der Waals surface area contributed by atoms with Crippen molar-refractivity contribution in [3.8, 4) is 5.75 Å². The minimum Gasteiger partial charge on any atom is -0.485 e. The second kappa shape index (κ2) is 16.9. The number of ether oxygens (including phenoxy) is 1. The van der Waals surface area contributed by atoms with Crippen molar-refractivity contribution >= 4 is 63.5 Å². The van der Waals surface area contributed by atoms with Crippen molar-refractivity contribution in [3.63, 3.8) is 0 Å². The van der Waals surface area contributed by atoms with E-state index in [2.05, 4.69) is 101 Å². The van der Waals surface area contributed by atoms with E-state index in [-0.39, 0.29) is 30.0 Å². The molecule has 0 spiro atoms. The van der Waals surface area contributed by atoms with Gasteiger partial charge in [0.15, 0.2) is 5.75 Å². The molecule has 4 aromatic carbocycles. The number of halogens is 1. The molecular weight excluding hydrogens is 750 g/mol. The van der Waals surface area contributed by atoms with E-state index in [0.717, 1.165) is 10.0 Å². The van der Waals surface area contributed by atoms with E-state index in [0.29, 0.717) is 55.2 Å². The highest BCUT2D eigenvalue weighted by molar-refractivity contribution is 9.10. The molecule has 276 valence electrons. The minimum absolute atomic E-state index is 0.159. The number of hydrogen-bond acceptors (Lipinski definition) is 7. The molecule has 0 aliphatic carbocycles. The molecule has 1 aliphatic rings. The Balaban J connectivity index is 1.10. The number of carbonyl (C=O) groups excluding carboxylic acids is 1. The van der Waals surface area contributed by atoms with Crippen LogP contribution in [0.1, 0.15) is 45.6 Å². The maximum absolute atomic E-state index is 13.6. The van der Waals surface area contributed by atoms with Gasteiger partial charge in [-0.3, -0.25) is 14.7 Å². The molecule has 12 heteroatoms. The predicted octanol–water partition coefficient (Wildman–Crippen LogP) is 6.98. The third-order valence-electron chi connectivity index (χ3n) is 9.70. The van der Waals surface area contributed by atoms with Gasteiger partial charge >= 0.3 is 6.09 Å². The Bertz CT molecular complexity index is 1960. The highest BCUT2D eigenvalue weighted by Crippen LogP contribution is 2.37. The fourth-order valence-electron chi connectivity index (χ4n) is 7.14. The summed E-state index contributed by atoms with van der Waals surface area (Å²) in [5.74, 6) is 0.780. The van der Waals surface area contributed by atoms with Crippen molar-refractivity contribution in [2.24, 2.45) is 0 Å². The molecule has 0 radical (unpaired) electrons. The number of nitrogens with zero attached hydrogens (tertiary/aromatic N) is 3. The van der Waals surface area contributed by atoms with Crippen molar-refractivity contribution in [1.29, 1.82) is 0 Å². The Morgan fingerprint density at radius 1 is 0.943 bits per heavy atom. The Kier molecular flexibility index (Phi) is 12.1. The fourth-order valence-corrected chi connectivity index (χ4v) is 12.2. The number of rotatable bonds is 13. The summed E-state index contributed by atoms with van der Waals surface area (Å²) in [6.45, 7) is 8.07. The van der Waals surface area contributed by atoms with Crippen LogP contribution in [0.4, 0.5) is 10.6 Å². The maximum Gasteiger partial charge on any atom is 0.407 e. The molecule has 0 saturated carbocycles. The van der Waals surface area contributed by atoms with Crippen LogP contribution in [-0.2, 0) is 15.8 Å². The number of benzene rings is 4. The van der Waals surface area contributed by atoms with Crippen LogP contribution in [0.2, 0.25) is 5.04 Å². The van der Waals surface area contributed by atoms with E-state index in [4.69, 9.17) is 14.1 Å². The SMILES string of the molecule is CC(C)(C)[Si](OCCCNC(=O)[C@@H]1C[C@@H](Nc2cnc3ccc(Br)c(OCc4ccccc4)c3n2)CCN1C(=O)O)(c1ccccc1)c1ccccc1. The van der Waals surface area contributed by atoms with Crippen LogP contribution in [0.5, 0.6) is 5.75 Å². The number of anilines is 1. The zero-order valence-electron chi connectivity index (χ0n) is 30.3. The molecule has 0 bridgehead atoms. The average Bonchev–Trinajstić information content (AvgIpc) is 3.16. The molecule has 2 amide bonds. The van der Waals surface area contributed by atoms with Crippen LogP contribution >= 0.6 is 15.9 Å². The van der Waals surface area contributed by atoms with Gasteiger partial charge in [0.25, 0.3) is 8.32 Å². The first-order valence-corrected chi connectivity index (χ1v) is 20.7. The highest BCUT2D eigenvalue weighted by atomic mass is 79.9. The first kappa shape index (κ1) is 38.0. The molecule has 1 fully saturated rings. The summed E-state index contributed by atoms with van der Waals surface area (Å²) in [5, 5.41) is 18.7. The molecule has 1 aliphatic heterocycles. The third kappa shape index (κ3) is 8.72. The number of hydrogen-bond donors (Lipinski definition) is 3. The quantitative estimate of drug-likeness (QED) is 0.0862. The summed E-state index contributed by atoms with van der Waals surface area (Å²) in [5.41, 5.74) is 2.30. The van der Waals surface area contributed by atoms with Gasteiger partial charge < -0.3 is 24.9 Å². The number of fused-ring (bicyclic) bond motifs is 1. The lowest BCUT2D eigenvalue weighted by molar-refractivity contribution is -0.127.